The first-order chi connectivity index (χ1) is 10.1. The van der Waals surface area contributed by atoms with Crippen molar-refractivity contribution in [1.29, 1.82) is 0 Å². The Hall–Kier alpha value is -1.85. The van der Waals surface area contributed by atoms with Crippen LogP contribution in [0.15, 0.2) is 46.9 Å². The van der Waals surface area contributed by atoms with Crippen LogP contribution in [-0.4, -0.2) is 10.2 Å². The lowest BCUT2D eigenvalue weighted by atomic mass is 10.0. The number of benzene rings is 2. The molecule has 0 unspecified atom stereocenters. The highest BCUT2D eigenvalue weighted by Crippen LogP contribution is 2.38. The maximum atomic E-state index is 13.5. The first-order valence-electron chi connectivity index (χ1n) is 6.11. The summed E-state index contributed by atoms with van der Waals surface area (Å²) in [4.78, 5) is 0. The monoisotopic (exact) mass is 365 g/mol. The minimum atomic E-state index is -0.332. The van der Waals surface area contributed by atoms with Gasteiger partial charge in [0.15, 0.2) is 5.82 Å². The molecule has 0 aliphatic rings. The van der Waals surface area contributed by atoms with E-state index < -0.39 is 0 Å². The van der Waals surface area contributed by atoms with Gasteiger partial charge in [0.2, 0.25) is 0 Å². The van der Waals surface area contributed by atoms with Crippen molar-refractivity contribution in [2.75, 3.05) is 5.73 Å². The van der Waals surface area contributed by atoms with Gasteiger partial charge in [-0.2, -0.15) is 5.10 Å². The Kier molecular flexibility index (Phi) is 3.69. The third-order valence-corrected chi connectivity index (χ3v) is 3.91. The molecule has 3 rings (SSSR count). The summed E-state index contributed by atoms with van der Waals surface area (Å²) in [6, 6.07) is 11.7. The molecule has 3 N–H and O–H groups in total. The lowest BCUT2D eigenvalue weighted by Gasteiger charge is -2.07. The number of nitrogen functional groups attached to an aromatic ring is 1. The van der Waals surface area contributed by atoms with Crippen molar-refractivity contribution in [2.45, 2.75) is 0 Å². The average molecular weight is 367 g/mol. The van der Waals surface area contributed by atoms with Crippen LogP contribution in [0.2, 0.25) is 5.02 Å². The Morgan fingerprint density at radius 1 is 1.19 bits per heavy atom. The molecule has 0 saturated carbocycles. The predicted octanol–water partition coefficient (Wildman–Crippen LogP) is 4.88. The molecule has 3 nitrogen and oxygen atoms in total. The van der Waals surface area contributed by atoms with E-state index in [1.54, 1.807) is 18.2 Å². The van der Waals surface area contributed by atoms with Crippen LogP contribution in [0.5, 0.6) is 0 Å². The summed E-state index contributed by atoms with van der Waals surface area (Å²) in [6.07, 6.45) is 0. The standard InChI is InChI=1S/C15H10BrClFN3/c16-9-4-5-11(12(17)7-9)14-13(15(19)21-20-14)8-2-1-3-10(18)6-8/h1-7H,(H3,19,20,21). The smallest absolute Gasteiger partial charge is 0.153 e. The minimum Gasteiger partial charge on any atom is -0.382 e. The van der Waals surface area contributed by atoms with Crippen LogP contribution in [0.4, 0.5) is 10.2 Å². The zero-order valence-electron chi connectivity index (χ0n) is 10.7. The number of hydrogen-bond acceptors (Lipinski definition) is 2. The summed E-state index contributed by atoms with van der Waals surface area (Å²) in [6.45, 7) is 0. The van der Waals surface area contributed by atoms with E-state index in [4.69, 9.17) is 17.3 Å². The normalized spacial score (nSPS) is 10.8. The van der Waals surface area contributed by atoms with E-state index in [1.165, 1.54) is 12.1 Å². The van der Waals surface area contributed by atoms with Gasteiger partial charge in [-0.25, -0.2) is 4.39 Å². The SMILES string of the molecule is Nc1n[nH]c(-c2ccc(Br)cc2Cl)c1-c1cccc(F)c1. The number of nitrogens with one attached hydrogen (secondary N) is 1. The van der Waals surface area contributed by atoms with Crippen molar-refractivity contribution in [1.82, 2.24) is 10.2 Å². The van der Waals surface area contributed by atoms with Crippen LogP contribution < -0.4 is 5.73 Å². The van der Waals surface area contributed by atoms with Gasteiger partial charge in [-0.1, -0.05) is 45.7 Å². The van der Waals surface area contributed by atoms with Crippen LogP contribution >= 0.6 is 27.5 Å². The molecule has 1 aromatic heterocycles. The maximum absolute atomic E-state index is 13.5. The average Bonchev–Trinajstić information content (AvgIpc) is 2.80. The molecule has 0 amide bonds. The molecule has 2 aromatic carbocycles. The van der Waals surface area contributed by atoms with Crippen LogP contribution in [-0.2, 0) is 0 Å². The number of hydrogen-bond donors (Lipinski definition) is 2. The number of anilines is 1. The van der Waals surface area contributed by atoms with Gasteiger partial charge >= 0.3 is 0 Å². The second-order valence-electron chi connectivity index (χ2n) is 4.49. The highest BCUT2D eigenvalue weighted by molar-refractivity contribution is 9.10. The Morgan fingerprint density at radius 3 is 2.71 bits per heavy atom. The number of halogens is 3. The minimum absolute atomic E-state index is 0.301. The Morgan fingerprint density at radius 2 is 2.00 bits per heavy atom. The molecule has 3 aromatic rings. The first kappa shape index (κ1) is 14.1. The summed E-state index contributed by atoms with van der Waals surface area (Å²) >= 11 is 9.63. The molecule has 0 aliphatic carbocycles. The number of aromatic nitrogens is 2. The molecule has 21 heavy (non-hydrogen) atoms. The fraction of sp³-hybridized carbons (Fsp3) is 0. The lowest BCUT2D eigenvalue weighted by Crippen LogP contribution is -1.90. The molecule has 0 radical (unpaired) electrons. The van der Waals surface area contributed by atoms with Crippen molar-refractivity contribution in [3.8, 4) is 22.4 Å². The van der Waals surface area contributed by atoms with Gasteiger partial charge < -0.3 is 5.73 Å². The molecule has 0 fully saturated rings. The van der Waals surface area contributed by atoms with Gasteiger partial charge in [0, 0.05) is 10.0 Å². The third-order valence-electron chi connectivity index (χ3n) is 3.11. The van der Waals surface area contributed by atoms with Crippen LogP contribution in [0.25, 0.3) is 22.4 Å². The number of nitrogens with two attached hydrogens (primary N) is 1. The van der Waals surface area contributed by atoms with Crippen molar-refractivity contribution < 1.29 is 4.39 Å². The summed E-state index contributed by atoms with van der Waals surface area (Å²) in [7, 11) is 0. The molecule has 0 atom stereocenters. The van der Waals surface area contributed by atoms with E-state index in [1.807, 2.05) is 12.1 Å². The quantitative estimate of drug-likeness (QED) is 0.679. The van der Waals surface area contributed by atoms with Gasteiger partial charge in [0.05, 0.1) is 16.3 Å². The molecule has 0 spiro atoms. The van der Waals surface area contributed by atoms with Gasteiger partial charge in [-0.05, 0) is 29.8 Å². The van der Waals surface area contributed by atoms with E-state index >= 15 is 0 Å². The second kappa shape index (κ2) is 5.50. The van der Waals surface area contributed by atoms with Gasteiger partial charge in [-0.3, -0.25) is 5.10 Å². The molecular weight excluding hydrogens is 357 g/mol. The highest BCUT2D eigenvalue weighted by atomic mass is 79.9. The molecule has 0 saturated heterocycles. The number of H-pyrrole nitrogens is 1. The van der Waals surface area contributed by atoms with E-state index in [2.05, 4.69) is 26.1 Å². The van der Waals surface area contributed by atoms with Crippen LogP contribution in [0, 0.1) is 5.82 Å². The fourth-order valence-electron chi connectivity index (χ4n) is 2.18. The summed E-state index contributed by atoms with van der Waals surface area (Å²) in [5.41, 5.74) is 8.63. The largest absolute Gasteiger partial charge is 0.382 e. The molecule has 0 bridgehead atoms. The number of rotatable bonds is 2. The van der Waals surface area contributed by atoms with E-state index in [-0.39, 0.29) is 5.82 Å². The number of aromatic amines is 1. The molecule has 0 aliphatic heterocycles. The Labute approximate surface area is 134 Å². The van der Waals surface area contributed by atoms with E-state index in [0.717, 1.165) is 10.0 Å². The number of nitrogens with zero attached hydrogens (tertiary/aromatic N) is 1. The van der Waals surface area contributed by atoms with Gasteiger partial charge in [0.25, 0.3) is 0 Å². The highest BCUT2D eigenvalue weighted by Gasteiger charge is 2.17. The van der Waals surface area contributed by atoms with Crippen molar-refractivity contribution in [3.63, 3.8) is 0 Å². The van der Waals surface area contributed by atoms with Crippen molar-refractivity contribution in [3.05, 3.63) is 57.8 Å². The molecule has 106 valence electrons. The van der Waals surface area contributed by atoms with Gasteiger partial charge in [0.1, 0.15) is 5.82 Å². The molecular formula is C15H10BrClFN3. The van der Waals surface area contributed by atoms with Crippen LogP contribution in [0.3, 0.4) is 0 Å². The maximum Gasteiger partial charge on any atom is 0.153 e. The molecule has 6 heteroatoms. The van der Waals surface area contributed by atoms with Crippen LogP contribution in [0.1, 0.15) is 0 Å². The predicted molar refractivity (Wildman–Crippen MR) is 86.5 cm³/mol. The third kappa shape index (κ3) is 2.66. The van der Waals surface area contributed by atoms with Crippen molar-refractivity contribution >= 4 is 33.3 Å². The van der Waals surface area contributed by atoms with Gasteiger partial charge in [-0.15, -0.1) is 0 Å². The summed E-state index contributed by atoms with van der Waals surface area (Å²) in [5, 5.41) is 7.44. The zero-order chi connectivity index (χ0) is 15.0. The summed E-state index contributed by atoms with van der Waals surface area (Å²) < 4.78 is 14.3. The zero-order valence-corrected chi connectivity index (χ0v) is 13.0. The lowest BCUT2D eigenvalue weighted by molar-refractivity contribution is 0.628. The fourth-order valence-corrected chi connectivity index (χ4v) is 2.95. The molecule has 1 heterocycles. The van der Waals surface area contributed by atoms with E-state index in [9.17, 15) is 4.39 Å². The summed E-state index contributed by atoms with van der Waals surface area (Å²) in [5.74, 6) is -0.0319. The van der Waals surface area contributed by atoms with Crippen molar-refractivity contribution in [2.24, 2.45) is 0 Å². The second-order valence-corrected chi connectivity index (χ2v) is 5.82. The van der Waals surface area contributed by atoms with E-state index in [0.29, 0.717) is 27.7 Å². The Balaban J connectivity index is 2.22. The topological polar surface area (TPSA) is 54.7 Å². The Bertz CT molecular complexity index is 816. The first-order valence-corrected chi connectivity index (χ1v) is 7.28.